The van der Waals surface area contributed by atoms with Gasteiger partial charge >= 0.3 is 0 Å². The molecule has 0 amide bonds. The molecule has 1 aliphatic heterocycles. The van der Waals surface area contributed by atoms with Gasteiger partial charge in [0.15, 0.2) is 5.13 Å². The first-order valence-corrected chi connectivity index (χ1v) is 9.93. The van der Waals surface area contributed by atoms with Gasteiger partial charge in [-0.2, -0.15) is 0 Å². The summed E-state index contributed by atoms with van der Waals surface area (Å²) in [5.74, 6) is 0.278. The van der Waals surface area contributed by atoms with E-state index < -0.39 is 6.23 Å². The minimum Gasteiger partial charge on any atom is -0.379 e. The lowest BCUT2D eigenvalue weighted by Crippen LogP contribution is -2.52. The molecular formula is C18H22ClN3O2S. The third-order valence-corrected chi connectivity index (χ3v) is 6.19. The van der Waals surface area contributed by atoms with Gasteiger partial charge in [-0.25, -0.2) is 4.98 Å². The number of rotatable bonds is 5. The van der Waals surface area contributed by atoms with Crippen LogP contribution in [0.4, 0.5) is 5.13 Å². The molecule has 4 rings (SSSR count). The summed E-state index contributed by atoms with van der Waals surface area (Å²) in [5, 5.41) is 17.0. The van der Waals surface area contributed by atoms with Crippen molar-refractivity contribution in [3.63, 3.8) is 0 Å². The minimum atomic E-state index is -0.553. The molecule has 2 heterocycles. The van der Waals surface area contributed by atoms with Gasteiger partial charge in [-0.15, -0.1) is 11.3 Å². The number of ether oxygens (including phenoxy) is 1. The van der Waals surface area contributed by atoms with Crippen LogP contribution in [0.3, 0.4) is 0 Å². The van der Waals surface area contributed by atoms with Crippen LogP contribution in [0.5, 0.6) is 0 Å². The molecule has 1 aromatic heterocycles. The van der Waals surface area contributed by atoms with E-state index in [1.165, 1.54) is 11.3 Å². The maximum atomic E-state index is 10.5. The average molecular weight is 380 g/mol. The van der Waals surface area contributed by atoms with Crippen molar-refractivity contribution < 1.29 is 9.84 Å². The van der Waals surface area contributed by atoms with Gasteiger partial charge < -0.3 is 15.2 Å². The summed E-state index contributed by atoms with van der Waals surface area (Å²) < 4.78 is 5.40. The van der Waals surface area contributed by atoms with E-state index >= 15 is 0 Å². The number of thiazole rings is 1. The first-order chi connectivity index (χ1) is 12.2. The molecule has 2 aromatic rings. The van der Waals surface area contributed by atoms with E-state index in [9.17, 15) is 5.11 Å². The second-order valence-corrected chi connectivity index (χ2v) is 7.91. The second-order valence-electron chi connectivity index (χ2n) is 6.64. The number of anilines is 1. The Morgan fingerprint density at radius 2 is 2.04 bits per heavy atom. The van der Waals surface area contributed by atoms with Crippen LogP contribution in [0.15, 0.2) is 29.6 Å². The van der Waals surface area contributed by atoms with E-state index in [-0.39, 0.29) is 5.92 Å². The lowest BCUT2D eigenvalue weighted by Gasteiger charge is -2.45. The second kappa shape index (κ2) is 7.60. The standard InChI is InChI=1S/C18H22ClN3O2S/c19-15-4-2-1-3-14(15)16-11-25-18(20-16)21-17(23)12-9-13(10-12)22-5-7-24-8-6-22/h1-4,11-13,17,23H,5-10H2,(H,20,21)/t12?,13?,17-/m0/s1. The lowest BCUT2D eigenvalue weighted by molar-refractivity contribution is -0.0394. The molecule has 2 fully saturated rings. The molecule has 2 aliphatic rings. The predicted octanol–water partition coefficient (Wildman–Crippen LogP) is 3.30. The fourth-order valence-electron chi connectivity index (χ4n) is 3.51. The highest BCUT2D eigenvalue weighted by molar-refractivity contribution is 7.14. The zero-order chi connectivity index (χ0) is 17.2. The Morgan fingerprint density at radius 3 is 2.80 bits per heavy atom. The van der Waals surface area contributed by atoms with Crippen LogP contribution in [0.2, 0.25) is 5.02 Å². The molecule has 0 spiro atoms. The van der Waals surface area contributed by atoms with Gasteiger partial charge in [0.1, 0.15) is 6.23 Å². The maximum absolute atomic E-state index is 10.5. The minimum absolute atomic E-state index is 0.278. The Hall–Kier alpha value is -1.18. The Balaban J connectivity index is 1.32. The molecule has 7 heteroatoms. The van der Waals surface area contributed by atoms with Crippen molar-refractivity contribution in [2.45, 2.75) is 25.1 Å². The fourth-order valence-corrected chi connectivity index (χ4v) is 4.48. The number of hydrogen-bond donors (Lipinski definition) is 2. The normalized spacial score (nSPS) is 25.4. The number of aliphatic hydroxyl groups excluding tert-OH is 1. The molecule has 134 valence electrons. The van der Waals surface area contributed by atoms with Gasteiger partial charge in [0.05, 0.1) is 18.9 Å². The van der Waals surface area contributed by atoms with Gasteiger partial charge in [0, 0.05) is 41.0 Å². The molecule has 1 saturated heterocycles. The van der Waals surface area contributed by atoms with Crippen LogP contribution in [-0.2, 0) is 4.74 Å². The van der Waals surface area contributed by atoms with Gasteiger partial charge in [0.2, 0.25) is 0 Å². The molecule has 0 unspecified atom stereocenters. The Kier molecular flexibility index (Phi) is 5.24. The molecular weight excluding hydrogens is 358 g/mol. The van der Waals surface area contributed by atoms with Gasteiger partial charge in [-0.05, 0) is 18.9 Å². The van der Waals surface area contributed by atoms with Crippen LogP contribution in [0.1, 0.15) is 12.8 Å². The summed E-state index contributed by atoms with van der Waals surface area (Å²) in [6, 6.07) is 8.25. The summed E-state index contributed by atoms with van der Waals surface area (Å²) in [5.41, 5.74) is 1.75. The molecule has 1 aromatic carbocycles. The zero-order valence-electron chi connectivity index (χ0n) is 13.9. The fraction of sp³-hybridized carbons (Fsp3) is 0.500. The number of hydrogen-bond acceptors (Lipinski definition) is 6. The highest BCUT2D eigenvalue weighted by Gasteiger charge is 2.38. The SMILES string of the molecule is O[C@H](Nc1nc(-c2ccccc2Cl)cs1)C1CC(N2CCOCC2)C1. The summed E-state index contributed by atoms with van der Waals surface area (Å²) in [6.45, 7) is 3.67. The maximum Gasteiger partial charge on any atom is 0.185 e. The zero-order valence-corrected chi connectivity index (χ0v) is 15.5. The largest absolute Gasteiger partial charge is 0.379 e. The smallest absolute Gasteiger partial charge is 0.185 e. The number of morpholine rings is 1. The molecule has 25 heavy (non-hydrogen) atoms. The third kappa shape index (κ3) is 3.83. The third-order valence-electron chi connectivity index (χ3n) is 5.08. The van der Waals surface area contributed by atoms with Gasteiger partial charge in [-0.3, -0.25) is 4.90 Å². The first-order valence-electron chi connectivity index (χ1n) is 8.67. The number of aliphatic hydroxyl groups is 1. The van der Waals surface area contributed by atoms with E-state index in [2.05, 4.69) is 15.2 Å². The lowest BCUT2D eigenvalue weighted by atomic mass is 9.78. The van der Waals surface area contributed by atoms with E-state index in [1.807, 2.05) is 29.6 Å². The number of nitrogens with one attached hydrogen (secondary N) is 1. The topological polar surface area (TPSA) is 57.6 Å². The number of nitrogens with zero attached hydrogens (tertiary/aromatic N) is 2. The van der Waals surface area contributed by atoms with Crippen molar-refractivity contribution in [2.75, 3.05) is 31.6 Å². The van der Waals surface area contributed by atoms with Crippen molar-refractivity contribution >= 4 is 28.1 Å². The van der Waals surface area contributed by atoms with Crippen molar-refractivity contribution in [3.8, 4) is 11.3 Å². The predicted molar refractivity (Wildman–Crippen MR) is 101 cm³/mol. The number of halogens is 1. The van der Waals surface area contributed by atoms with E-state index in [4.69, 9.17) is 16.3 Å². The van der Waals surface area contributed by atoms with Gasteiger partial charge in [-0.1, -0.05) is 29.8 Å². The summed E-state index contributed by atoms with van der Waals surface area (Å²) in [6.07, 6.45) is 1.50. The van der Waals surface area contributed by atoms with Crippen molar-refractivity contribution in [1.82, 2.24) is 9.88 Å². The highest BCUT2D eigenvalue weighted by atomic mass is 35.5. The van der Waals surface area contributed by atoms with Gasteiger partial charge in [0.25, 0.3) is 0 Å². The average Bonchev–Trinajstić information content (AvgIpc) is 3.03. The molecule has 5 nitrogen and oxygen atoms in total. The van der Waals surface area contributed by atoms with Crippen LogP contribution < -0.4 is 5.32 Å². The van der Waals surface area contributed by atoms with Crippen molar-refractivity contribution in [3.05, 3.63) is 34.7 Å². The summed E-state index contributed by atoms with van der Waals surface area (Å²) in [7, 11) is 0. The quantitative estimate of drug-likeness (QED) is 0.780. The number of benzene rings is 1. The Morgan fingerprint density at radius 1 is 1.28 bits per heavy atom. The summed E-state index contributed by atoms with van der Waals surface area (Å²) in [4.78, 5) is 7.04. The first kappa shape index (κ1) is 17.2. The van der Waals surface area contributed by atoms with Crippen LogP contribution in [-0.4, -0.2) is 53.6 Å². The van der Waals surface area contributed by atoms with Crippen molar-refractivity contribution in [1.29, 1.82) is 0 Å². The summed E-state index contributed by atoms with van der Waals surface area (Å²) >= 11 is 7.72. The number of aromatic nitrogens is 1. The molecule has 1 atom stereocenters. The molecule has 1 saturated carbocycles. The highest BCUT2D eigenvalue weighted by Crippen LogP contribution is 2.36. The van der Waals surface area contributed by atoms with E-state index in [1.54, 1.807) is 0 Å². The Bertz CT molecular complexity index is 714. The van der Waals surface area contributed by atoms with E-state index in [0.29, 0.717) is 11.1 Å². The van der Waals surface area contributed by atoms with Crippen LogP contribution in [0, 0.1) is 5.92 Å². The van der Waals surface area contributed by atoms with Crippen LogP contribution in [0.25, 0.3) is 11.3 Å². The van der Waals surface area contributed by atoms with Crippen molar-refractivity contribution in [2.24, 2.45) is 5.92 Å². The molecule has 0 bridgehead atoms. The Labute approximate surface area is 156 Å². The monoisotopic (exact) mass is 379 g/mol. The molecule has 0 radical (unpaired) electrons. The molecule has 2 N–H and O–H groups in total. The van der Waals surface area contributed by atoms with Crippen LogP contribution >= 0.6 is 22.9 Å². The molecule has 1 aliphatic carbocycles. The van der Waals surface area contributed by atoms with E-state index in [0.717, 1.165) is 55.5 Å².